The van der Waals surface area contributed by atoms with Gasteiger partial charge in [-0.05, 0) is 44.9 Å². The number of hydrogen-bond acceptors (Lipinski definition) is 3. The third-order valence-electron chi connectivity index (χ3n) is 3.55. The summed E-state index contributed by atoms with van der Waals surface area (Å²) in [6.45, 7) is 4.62. The Balaban J connectivity index is 2.58. The summed E-state index contributed by atoms with van der Waals surface area (Å²) in [6, 6.07) is 1.70. The Morgan fingerprint density at radius 1 is 1.53 bits per heavy atom. The van der Waals surface area contributed by atoms with Crippen molar-refractivity contribution in [2.24, 2.45) is 0 Å². The Morgan fingerprint density at radius 3 is 2.76 bits per heavy atom. The maximum Gasteiger partial charge on any atom is 0.197 e. The van der Waals surface area contributed by atoms with E-state index in [1.54, 1.807) is 13.0 Å². The van der Waals surface area contributed by atoms with Gasteiger partial charge in [0.05, 0.1) is 7.11 Å². The molecule has 0 aliphatic carbocycles. The van der Waals surface area contributed by atoms with Crippen LogP contribution in [0.5, 0.6) is 11.5 Å². The Kier molecular flexibility index (Phi) is 3.00. The van der Waals surface area contributed by atoms with Gasteiger partial charge in [-0.1, -0.05) is 0 Å². The minimum atomic E-state index is -0.465. The SMILES string of the molecule is COc1c(O)c(C)cc(C2(C)CCCN2)c1F. The number of phenolic OH excluding ortho intramolecular Hbond substituents is 1. The maximum atomic E-state index is 14.3. The summed E-state index contributed by atoms with van der Waals surface area (Å²) in [5, 5.41) is 13.1. The van der Waals surface area contributed by atoms with E-state index < -0.39 is 5.82 Å². The highest BCUT2D eigenvalue weighted by Crippen LogP contribution is 2.41. The number of methoxy groups -OCH3 is 1. The minimum Gasteiger partial charge on any atom is -0.504 e. The molecule has 0 spiro atoms. The van der Waals surface area contributed by atoms with E-state index >= 15 is 0 Å². The number of halogens is 1. The van der Waals surface area contributed by atoms with Gasteiger partial charge in [0.1, 0.15) is 0 Å². The summed E-state index contributed by atoms with van der Waals surface area (Å²) in [5.41, 5.74) is 0.839. The summed E-state index contributed by atoms with van der Waals surface area (Å²) in [5.74, 6) is -0.641. The largest absolute Gasteiger partial charge is 0.504 e. The first-order valence-electron chi connectivity index (χ1n) is 5.81. The van der Waals surface area contributed by atoms with Crippen LogP contribution in [0.15, 0.2) is 6.07 Å². The Hall–Kier alpha value is -1.29. The van der Waals surface area contributed by atoms with Crippen molar-refractivity contribution in [1.29, 1.82) is 0 Å². The average molecular weight is 239 g/mol. The molecule has 1 unspecified atom stereocenters. The lowest BCUT2D eigenvalue weighted by Gasteiger charge is -2.27. The standard InChI is InChI=1S/C13H18FNO2/c1-8-7-9(13(2)5-4-6-15-13)10(14)12(17-3)11(8)16/h7,15-16H,4-6H2,1-3H3. The third-order valence-corrected chi connectivity index (χ3v) is 3.55. The van der Waals surface area contributed by atoms with Crippen LogP contribution < -0.4 is 10.1 Å². The van der Waals surface area contributed by atoms with Crippen LogP contribution in [0.4, 0.5) is 4.39 Å². The van der Waals surface area contributed by atoms with Crippen LogP contribution in [0.2, 0.25) is 0 Å². The van der Waals surface area contributed by atoms with Gasteiger partial charge in [0.2, 0.25) is 0 Å². The monoisotopic (exact) mass is 239 g/mol. The highest BCUT2D eigenvalue weighted by molar-refractivity contribution is 5.51. The second-order valence-electron chi connectivity index (χ2n) is 4.80. The number of aromatic hydroxyl groups is 1. The van der Waals surface area contributed by atoms with Gasteiger partial charge in [0, 0.05) is 11.1 Å². The Labute approximate surface area is 101 Å². The zero-order valence-corrected chi connectivity index (χ0v) is 10.4. The number of phenols is 1. The van der Waals surface area contributed by atoms with Crippen LogP contribution in [0.25, 0.3) is 0 Å². The molecule has 1 atom stereocenters. The lowest BCUT2D eigenvalue weighted by atomic mass is 9.88. The highest BCUT2D eigenvalue weighted by atomic mass is 19.1. The predicted molar refractivity (Wildman–Crippen MR) is 63.9 cm³/mol. The zero-order chi connectivity index (χ0) is 12.6. The van der Waals surface area contributed by atoms with Crippen molar-refractivity contribution >= 4 is 0 Å². The topological polar surface area (TPSA) is 41.5 Å². The van der Waals surface area contributed by atoms with Gasteiger partial charge in [-0.15, -0.1) is 0 Å². The summed E-state index contributed by atoms with van der Waals surface area (Å²) in [4.78, 5) is 0. The van der Waals surface area contributed by atoms with E-state index in [1.165, 1.54) is 7.11 Å². The molecule has 1 aliphatic rings. The van der Waals surface area contributed by atoms with E-state index in [9.17, 15) is 9.50 Å². The molecule has 1 saturated heterocycles. The van der Waals surface area contributed by atoms with Gasteiger partial charge in [-0.3, -0.25) is 0 Å². The Morgan fingerprint density at radius 2 is 2.24 bits per heavy atom. The van der Waals surface area contributed by atoms with E-state index in [0.29, 0.717) is 11.1 Å². The number of hydrogen-bond donors (Lipinski definition) is 2. The van der Waals surface area contributed by atoms with E-state index in [0.717, 1.165) is 19.4 Å². The van der Waals surface area contributed by atoms with Crippen LogP contribution in [-0.2, 0) is 5.54 Å². The molecule has 2 rings (SSSR count). The lowest BCUT2D eigenvalue weighted by molar-refractivity contribution is 0.335. The van der Waals surface area contributed by atoms with Crippen molar-refractivity contribution in [2.75, 3.05) is 13.7 Å². The van der Waals surface area contributed by atoms with Gasteiger partial charge >= 0.3 is 0 Å². The fraction of sp³-hybridized carbons (Fsp3) is 0.538. The molecule has 0 aromatic heterocycles. The summed E-state index contributed by atoms with van der Waals surface area (Å²) in [6.07, 6.45) is 1.91. The van der Waals surface area contributed by atoms with Gasteiger partial charge < -0.3 is 15.2 Å². The van der Waals surface area contributed by atoms with Crippen LogP contribution >= 0.6 is 0 Å². The molecule has 0 radical (unpaired) electrons. The van der Waals surface area contributed by atoms with Crippen molar-refractivity contribution < 1.29 is 14.2 Å². The van der Waals surface area contributed by atoms with Gasteiger partial charge in [-0.2, -0.15) is 0 Å². The molecular weight excluding hydrogens is 221 g/mol. The highest BCUT2D eigenvalue weighted by Gasteiger charge is 2.34. The maximum absolute atomic E-state index is 14.3. The molecule has 1 aliphatic heterocycles. The molecular formula is C13H18FNO2. The van der Waals surface area contributed by atoms with Crippen molar-refractivity contribution in [1.82, 2.24) is 5.32 Å². The average Bonchev–Trinajstić information content (AvgIpc) is 2.72. The number of nitrogens with one attached hydrogen (secondary N) is 1. The van der Waals surface area contributed by atoms with Gasteiger partial charge in [0.25, 0.3) is 0 Å². The van der Waals surface area contributed by atoms with Crippen LogP contribution in [0.3, 0.4) is 0 Å². The third kappa shape index (κ3) is 1.86. The molecule has 2 N–H and O–H groups in total. The second kappa shape index (κ2) is 4.18. The normalized spacial score (nSPS) is 24.0. The molecule has 3 nitrogen and oxygen atoms in total. The van der Waals surface area contributed by atoms with Gasteiger partial charge in [0.15, 0.2) is 17.3 Å². The molecule has 0 saturated carbocycles. The zero-order valence-electron chi connectivity index (χ0n) is 10.4. The van der Waals surface area contributed by atoms with Crippen LogP contribution in [0, 0.1) is 12.7 Å². The van der Waals surface area contributed by atoms with Crippen LogP contribution in [-0.4, -0.2) is 18.8 Å². The van der Waals surface area contributed by atoms with Gasteiger partial charge in [-0.25, -0.2) is 4.39 Å². The van der Waals surface area contributed by atoms with E-state index in [1.807, 2.05) is 6.92 Å². The molecule has 1 heterocycles. The van der Waals surface area contributed by atoms with E-state index in [2.05, 4.69) is 5.32 Å². The lowest BCUT2D eigenvalue weighted by Crippen LogP contribution is -2.34. The summed E-state index contributed by atoms with van der Waals surface area (Å²) in [7, 11) is 1.37. The first-order valence-corrected chi connectivity index (χ1v) is 5.81. The summed E-state index contributed by atoms with van der Waals surface area (Å²) >= 11 is 0. The fourth-order valence-corrected chi connectivity index (χ4v) is 2.47. The van der Waals surface area contributed by atoms with Crippen molar-refractivity contribution in [3.05, 3.63) is 23.0 Å². The first kappa shape index (κ1) is 12.2. The number of ether oxygens (including phenoxy) is 1. The molecule has 4 heteroatoms. The number of aryl methyl sites for hydroxylation is 1. The van der Waals surface area contributed by atoms with E-state index in [-0.39, 0.29) is 17.0 Å². The molecule has 1 fully saturated rings. The molecule has 1 aromatic carbocycles. The van der Waals surface area contributed by atoms with Crippen molar-refractivity contribution in [3.8, 4) is 11.5 Å². The quantitative estimate of drug-likeness (QED) is 0.833. The molecule has 17 heavy (non-hydrogen) atoms. The second-order valence-corrected chi connectivity index (χ2v) is 4.80. The Bertz CT molecular complexity index is 440. The minimum absolute atomic E-state index is 0.0603. The van der Waals surface area contributed by atoms with Crippen molar-refractivity contribution in [3.63, 3.8) is 0 Å². The smallest absolute Gasteiger partial charge is 0.197 e. The first-order chi connectivity index (χ1) is 7.99. The molecule has 0 amide bonds. The summed E-state index contributed by atoms with van der Waals surface area (Å²) < 4.78 is 19.2. The molecule has 1 aromatic rings. The van der Waals surface area contributed by atoms with E-state index in [4.69, 9.17) is 4.74 Å². The molecule has 94 valence electrons. The number of benzene rings is 1. The molecule has 0 bridgehead atoms. The number of rotatable bonds is 2. The fourth-order valence-electron chi connectivity index (χ4n) is 2.47. The van der Waals surface area contributed by atoms with Crippen molar-refractivity contribution in [2.45, 2.75) is 32.2 Å². The van der Waals surface area contributed by atoms with Crippen LogP contribution in [0.1, 0.15) is 30.9 Å². The predicted octanol–water partition coefficient (Wildman–Crippen LogP) is 2.45.